The van der Waals surface area contributed by atoms with E-state index in [0.717, 1.165) is 23.3 Å². The van der Waals surface area contributed by atoms with Crippen LogP contribution in [0.15, 0.2) is 18.2 Å². The Kier molecular flexibility index (Phi) is 4.39. The molecule has 3 nitrogen and oxygen atoms in total. The van der Waals surface area contributed by atoms with Crippen LogP contribution in [-0.2, 0) is 0 Å². The topological polar surface area (TPSA) is 44.5 Å². The van der Waals surface area contributed by atoms with Gasteiger partial charge in [0.1, 0.15) is 0 Å². The quantitative estimate of drug-likeness (QED) is 0.863. The molecule has 1 aromatic rings. The van der Waals surface area contributed by atoms with Crippen molar-refractivity contribution >= 4 is 0 Å². The number of hydrogen-bond donors (Lipinski definition) is 1. The molecule has 0 amide bonds. The van der Waals surface area contributed by atoms with Crippen LogP contribution in [-0.4, -0.2) is 13.2 Å². The minimum Gasteiger partial charge on any atom is -0.490 e. The lowest BCUT2D eigenvalue weighted by molar-refractivity contribution is 0.277. The zero-order valence-electron chi connectivity index (χ0n) is 13.2. The summed E-state index contributed by atoms with van der Waals surface area (Å²) in [5.41, 5.74) is 7.77. The van der Waals surface area contributed by atoms with E-state index in [1.807, 2.05) is 19.9 Å². The summed E-state index contributed by atoms with van der Waals surface area (Å²) in [6, 6.07) is 6.35. The fraction of sp³-hybridized carbons (Fsp3) is 0.667. The summed E-state index contributed by atoms with van der Waals surface area (Å²) in [4.78, 5) is 0. The standard InChI is InChI=1S/C18H27NO2/c1-3-20-16-8-7-14(11-17(16)21-4-2)18(19)15-10-12-5-6-13(15)9-12/h7-8,11-13,15,18H,3-6,9-10,19H2,1-2H3. The average Bonchev–Trinajstić information content (AvgIpc) is 3.11. The van der Waals surface area contributed by atoms with Gasteiger partial charge < -0.3 is 15.2 Å². The molecule has 0 heterocycles. The number of nitrogens with two attached hydrogens (primary N) is 1. The van der Waals surface area contributed by atoms with Crippen molar-refractivity contribution in [1.29, 1.82) is 0 Å². The molecule has 4 atom stereocenters. The van der Waals surface area contributed by atoms with E-state index in [1.165, 1.54) is 31.2 Å². The Bertz CT molecular complexity index is 488. The van der Waals surface area contributed by atoms with Crippen molar-refractivity contribution in [3.05, 3.63) is 23.8 Å². The van der Waals surface area contributed by atoms with Crippen molar-refractivity contribution in [3.8, 4) is 11.5 Å². The maximum absolute atomic E-state index is 6.58. The van der Waals surface area contributed by atoms with Gasteiger partial charge in [-0.1, -0.05) is 12.5 Å². The first-order chi connectivity index (χ1) is 10.2. The second kappa shape index (κ2) is 6.27. The fourth-order valence-electron chi connectivity index (χ4n) is 4.26. The van der Waals surface area contributed by atoms with Crippen molar-refractivity contribution in [1.82, 2.24) is 0 Å². The Morgan fingerprint density at radius 2 is 1.86 bits per heavy atom. The summed E-state index contributed by atoms with van der Waals surface area (Å²) in [6.45, 7) is 5.29. The monoisotopic (exact) mass is 289 g/mol. The zero-order valence-corrected chi connectivity index (χ0v) is 13.2. The van der Waals surface area contributed by atoms with Crippen LogP contribution in [0.3, 0.4) is 0 Å². The van der Waals surface area contributed by atoms with E-state index in [2.05, 4.69) is 12.1 Å². The van der Waals surface area contributed by atoms with Gasteiger partial charge in [-0.25, -0.2) is 0 Å². The van der Waals surface area contributed by atoms with Crippen LogP contribution in [0.5, 0.6) is 11.5 Å². The summed E-state index contributed by atoms with van der Waals surface area (Å²) in [7, 11) is 0. The molecule has 2 aliphatic rings. The van der Waals surface area contributed by atoms with Gasteiger partial charge in [0, 0.05) is 6.04 Å². The Hall–Kier alpha value is -1.22. The molecular formula is C18H27NO2. The average molecular weight is 289 g/mol. The van der Waals surface area contributed by atoms with E-state index in [9.17, 15) is 0 Å². The third-order valence-corrected chi connectivity index (χ3v) is 5.21. The van der Waals surface area contributed by atoms with Crippen LogP contribution in [0.25, 0.3) is 0 Å². The second-order valence-corrected chi connectivity index (χ2v) is 6.44. The van der Waals surface area contributed by atoms with Gasteiger partial charge in [0.25, 0.3) is 0 Å². The summed E-state index contributed by atoms with van der Waals surface area (Å²) >= 11 is 0. The summed E-state index contributed by atoms with van der Waals surface area (Å²) in [6.07, 6.45) is 5.50. The van der Waals surface area contributed by atoms with E-state index in [4.69, 9.17) is 15.2 Å². The highest BCUT2D eigenvalue weighted by molar-refractivity contribution is 5.44. The van der Waals surface area contributed by atoms with Gasteiger partial charge in [-0.3, -0.25) is 0 Å². The highest BCUT2D eigenvalue weighted by Gasteiger charge is 2.42. The molecule has 2 aliphatic carbocycles. The lowest BCUT2D eigenvalue weighted by atomic mass is 9.81. The highest BCUT2D eigenvalue weighted by Crippen LogP contribution is 2.52. The highest BCUT2D eigenvalue weighted by atomic mass is 16.5. The smallest absolute Gasteiger partial charge is 0.161 e. The molecule has 4 unspecified atom stereocenters. The molecule has 1 aromatic carbocycles. The molecule has 3 heteroatoms. The van der Waals surface area contributed by atoms with E-state index >= 15 is 0 Å². The van der Waals surface area contributed by atoms with E-state index in [1.54, 1.807) is 0 Å². The SMILES string of the molecule is CCOc1ccc(C(N)C2CC3CCC2C3)cc1OCC. The second-order valence-electron chi connectivity index (χ2n) is 6.44. The van der Waals surface area contributed by atoms with E-state index < -0.39 is 0 Å². The lowest BCUT2D eigenvalue weighted by Crippen LogP contribution is -2.26. The maximum atomic E-state index is 6.58. The van der Waals surface area contributed by atoms with Crippen LogP contribution in [0.4, 0.5) is 0 Å². The molecule has 2 fully saturated rings. The van der Waals surface area contributed by atoms with Gasteiger partial charge in [-0.2, -0.15) is 0 Å². The molecule has 2 bridgehead atoms. The van der Waals surface area contributed by atoms with Crippen LogP contribution in [0.1, 0.15) is 51.1 Å². The molecule has 0 spiro atoms. The Morgan fingerprint density at radius 1 is 1.10 bits per heavy atom. The summed E-state index contributed by atoms with van der Waals surface area (Å²) < 4.78 is 11.4. The third kappa shape index (κ3) is 2.89. The largest absolute Gasteiger partial charge is 0.490 e. The van der Waals surface area contributed by atoms with Gasteiger partial charge in [0.2, 0.25) is 0 Å². The predicted octanol–water partition coefficient (Wildman–Crippen LogP) is 3.92. The van der Waals surface area contributed by atoms with Gasteiger partial charge in [0.05, 0.1) is 13.2 Å². The fourth-order valence-corrected chi connectivity index (χ4v) is 4.26. The van der Waals surface area contributed by atoms with Crippen molar-refractivity contribution in [2.45, 2.75) is 45.6 Å². The normalized spacial score (nSPS) is 28.6. The van der Waals surface area contributed by atoms with E-state index in [-0.39, 0.29) is 6.04 Å². The Balaban J connectivity index is 1.79. The van der Waals surface area contributed by atoms with Gasteiger partial charge in [-0.15, -0.1) is 0 Å². The van der Waals surface area contributed by atoms with E-state index in [0.29, 0.717) is 19.1 Å². The number of ether oxygens (including phenoxy) is 2. The maximum Gasteiger partial charge on any atom is 0.161 e. The number of benzene rings is 1. The first kappa shape index (κ1) is 14.7. The molecule has 0 saturated heterocycles. The number of fused-ring (bicyclic) bond motifs is 2. The van der Waals surface area contributed by atoms with Crippen molar-refractivity contribution < 1.29 is 9.47 Å². The molecule has 116 valence electrons. The molecule has 2 N–H and O–H groups in total. The van der Waals surface area contributed by atoms with Crippen LogP contribution >= 0.6 is 0 Å². The number of rotatable bonds is 6. The Labute approximate surface area is 127 Å². The lowest BCUT2D eigenvalue weighted by Gasteiger charge is -2.28. The van der Waals surface area contributed by atoms with Crippen molar-refractivity contribution in [2.24, 2.45) is 23.5 Å². The van der Waals surface area contributed by atoms with Crippen LogP contribution < -0.4 is 15.2 Å². The molecule has 0 radical (unpaired) electrons. The van der Waals surface area contributed by atoms with Gasteiger partial charge in [-0.05, 0) is 68.6 Å². The minimum atomic E-state index is 0.134. The van der Waals surface area contributed by atoms with Crippen LogP contribution in [0.2, 0.25) is 0 Å². The predicted molar refractivity (Wildman–Crippen MR) is 84.6 cm³/mol. The number of hydrogen-bond acceptors (Lipinski definition) is 3. The van der Waals surface area contributed by atoms with Crippen molar-refractivity contribution in [3.63, 3.8) is 0 Å². The molecule has 0 aliphatic heterocycles. The Morgan fingerprint density at radius 3 is 2.48 bits per heavy atom. The molecule has 3 rings (SSSR count). The summed E-state index contributed by atoms with van der Waals surface area (Å²) in [5.74, 6) is 4.07. The first-order valence-electron chi connectivity index (χ1n) is 8.38. The molecular weight excluding hydrogens is 262 g/mol. The van der Waals surface area contributed by atoms with Gasteiger partial charge in [0.15, 0.2) is 11.5 Å². The molecule has 2 saturated carbocycles. The van der Waals surface area contributed by atoms with Crippen molar-refractivity contribution in [2.75, 3.05) is 13.2 Å². The zero-order chi connectivity index (χ0) is 14.8. The molecule has 21 heavy (non-hydrogen) atoms. The van der Waals surface area contributed by atoms with Crippen LogP contribution in [0, 0.1) is 17.8 Å². The first-order valence-corrected chi connectivity index (χ1v) is 8.38. The third-order valence-electron chi connectivity index (χ3n) is 5.21. The molecule has 0 aromatic heterocycles. The summed E-state index contributed by atoms with van der Waals surface area (Å²) in [5, 5.41) is 0. The van der Waals surface area contributed by atoms with Gasteiger partial charge >= 0.3 is 0 Å². The minimum absolute atomic E-state index is 0.134.